The highest BCUT2D eigenvalue weighted by atomic mass is 16.5. The quantitative estimate of drug-likeness (QED) is 0.844. The predicted octanol–water partition coefficient (Wildman–Crippen LogP) is 3.66. The molecule has 3 saturated heterocycles. The van der Waals surface area contributed by atoms with Crippen molar-refractivity contribution in [3.63, 3.8) is 0 Å². The second kappa shape index (κ2) is 8.34. The van der Waals surface area contributed by atoms with E-state index in [0.717, 1.165) is 62.9 Å². The van der Waals surface area contributed by atoms with Gasteiger partial charge in [-0.3, -0.25) is 4.79 Å². The Hall–Kier alpha value is -2.08. The molecular formula is C23H33N3O3. The molecule has 6 heteroatoms. The summed E-state index contributed by atoms with van der Waals surface area (Å²) in [6, 6.07) is 7.91. The second-order valence-electron chi connectivity index (χ2n) is 8.78. The number of anilines is 1. The number of carbonyl (C=O) groups excluding carboxylic acids is 2. The number of hydrogen-bond donors (Lipinski definition) is 1. The summed E-state index contributed by atoms with van der Waals surface area (Å²) in [6.07, 6.45) is 5.29. The van der Waals surface area contributed by atoms with E-state index in [1.807, 2.05) is 34.1 Å². The molecule has 0 aromatic heterocycles. The van der Waals surface area contributed by atoms with Crippen molar-refractivity contribution < 1.29 is 14.3 Å². The summed E-state index contributed by atoms with van der Waals surface area (Å²) in [7, 11) is 0. The lowest BCUT2D eigenvalue weighted by Crippen LogP contribution is -2.54. The summed E-state index contributed by atoms with van der Waals surface area (Å²) in [5.41, 5.74) is 1.77. The first-order valence-electron chi connectivity index (χ1n) is 11.1. The van der Waals surface area contributed by atoms with Crippen LogP contribution in [0.1, 0.15) is 51.5 Å². The first-order chi connectivity index (χ1) is 14.0. The number of carbonyl (C=O) groups is 2. The normalized spacial score (nSPS) is 29.4. The predicted molar refractivity (Wildman–Crippen MR) is 113 cm³/mol. The van der Waals surface area contributed by atoms with Gasteiger partial charge in [-0.05, 0) is 50.2 Å². The van der Waals surface area contributed by atoms with Gasteiger partial charge in [0.2, 0.25) is 0 Å². The van der Waals surface area contributed by atoms with E-state index in [9.17, 15) is 9.59 Å². The fraction of sp³-hybridized carbons (Fsp3) is 0.652. The monoisotopic (exact) mass is 399 g/mol. The SMILES string of the molecule is CCc1ccccc1NC(=O)N1CC[C@]2(CC[C@H](C(=O)N3CCCC3)O2)[C@@H](C)C1. The summed E-state index contributed by atoms with van der Waals surface area (Å²) < 4.78 is 6.41. The lowest BCUT2D eigenvalue weighted by molar-refractivity contribution is -0.154. The number of nitrogens with zero attached hydrogens (tertiary/aromatic N) is 2. The molecule has 3 heterocycles. The number of hydrogen-bond acceptors (Lipinski definition) is 3. The van der Waals surface area contributed by atoms with Crippen LogP contribution in [-0.4, -0.2) is 59.6 Å². The summed E-state index contributed by atoms with van der Waals surface area (Å²) >= 11 is 0. The number of amides is 3. The van der Waals surface area contributed by atoms with Crippen molar-refractivity contribution in [3.05, 3.63) is 29.8 Å². The van der Waals surface area contributed by atoms with E-state index in [1.165, 1.54) is 0 Å². The summed E-state index contributed by atoms with van der Waals surface area (Å²) in [5, 5.41) is 3.08. The molecule has 4 rings (SSSR count). The molecule has 29 heavy (non-hydrogen) atoms. The van der Waals surface area contributed by atoms with Gasteiger partial charge in [0.1, 0.15) is 6.10 Å². The minimum absolute atomic E-state index is 0.0460. The van der Waals surface area contributed by atoms with Crippen LogP contribution in [0.15, 0.2) is 24.3 Å². The smallest absolute Gasteiger partial charge is 0.321 e. The van der Waals surface area contributed by atoms with Gasteiger partial charge in [0.15, 0.2) is 0 Å². The maximum atomic E-state index is 12.8. The Morgan fingerprint density at radius 3 is 2.62 bits per heavy atom. The van der Waals surface area contributed by atoms with Crippen LogP contribution < -0.4 is 5.32 Å². The number of urea groups is 1. The van der Waals surface area contributed by atoms with Crippen LogP contribution in [0, 0.1) is 5.92 Å². The molecule has 0 aliphatic carbocycles. The van der Waals surface area contributed by atoms with Gasteiger partial charge in [0, 0.05) is 37.8 Å². The zero-order valence-corrected chi connectivity index (χ0v) is 17.7. The van der Waals surface area contributed by atoms with E-state index in [1.54, 1.807) is 0 Å². The van der Waals surface area contributed by atoms with Crippen LogP contribution in [-0.2, 0) is 16.0 Å². The zero-order chi connectivity index (χ0) is 20.4. The van der Waals surface area contributed by atoms with E-state index in [0.29, 0.717) is 13.1 Å². The van der Waals surface area contributed by atoms with Crippen molar-refractivity contribution in [1.29, 1.82) is 0 Å². The summed E-state index contributed by atoms with van der Waals surface area (Å²) in [6.45, 7) is 7.31. The summed E-state index contributed by atoms with van der Waals surface area (Å²) in [4.78, 5) is 29.4. The standard InChI is InChI=1S/C23H33N3O3/c1-3-18-8-4-5-9-19(18)24-22(28)26-15-12-23(17(2)16-26)11-10-20(29-23)21(27)25-13-6-7-14-25/h4-5,8-9,17,20H,3,6-7,10-16H2,1-2H3,(H,24,28)/t17-,20+,23+/m0/s1. The molecule has 0 radical (unpaired) electrons. The Morgan fingerprint density at radius 1 is 1.14 bits per heavy atom. The van der Waals surface area contributed by atoms with Gasteiger partial charge < -0.3 is 19.9 Å². The van der Waals surface area contributed by atoms with Gasteiger partial charge in [-0.2, -0.15) is 0 Å². The van der Waals surface area contributed by atoms with Crippen LogP contribution in [0.2, 0.25) is 0 Å². The van der Waals surface area contributed by atoms with Crippen molar-refractivity contribution >= 4 is 17.6 Å². The van der Waals surface area contributed by atoms with Crippen molar-refractivity contribution in [2.45, 2.75) is 64.1 Å². The van der Waals surface area contributed by atoms with Crippen molar-refractivity contribution in [2.75, 3.05) is 31.5 Å². The van der Waals surface area contributed by atoms with Gasteiger partial charge in [0.05, 0.1) is 5.60 Å². The highest BCUT2D eigenvalue weighted by Crippen LogP contribution is 2.43. The van der Waals surface area contributed by atoms with E-state index in [-0.39, 0.29) is 29.6 Å². The third kappa shape index (κ3) is 4.00. The van der Waals surface area contributed by atoms with Crippen molar-refractivity contribution in [1.82, 2.24) is 9.80 Å². The molecule has 158 valence electrons. The van der Waals surface area contributed by atoms with E-state index in [4.69, 9.17) is 4.74 Å². The highest BCUT2D eigenvalue weighted by Gasteiger charge is 2.50. The van der Waals surface area contributed by atoms with Crippen LogP contribution >= 0.6 is 0 Å². The summed E-state index contributed by atoms with van der Waals surface area (Å²) in [5.74, 6) is 0.378. The van der Waals surface area contributed by atoms with E-state index in [2.05, 4.69) is 19.2 Å². The van der Waals surface area contributed by atoms with E-state index < -0.39 is 0 Å². The molecule has 1 spiro atoms. The Bertz CT molecular complexity index is 761. The molecule has 1 aromatic rings. The maximum Gasteiger partial charge on any atom is 0.321 e. The van der Waals surface area contributed by atoms with E-state index >= 15 is 0 Å². The van der Waals surface area contributed by atoms with Crippen LogP contribution in [0.4, 0.5) is 10.5 Å². The highest BCUT2D eigenvalue weighted by molar-refractivity contribution is 5.90. The average molecular weight is 400 g/mol. The number of para-hydroxylation sites is 1. The Balaban J connectivity index is 1.36. The molecule has 0 saturated carbocycles. The largest absolute Gasteiger partial charge is 0.362 e. The number of ether oxygens (including phenoxy) is 1. The molecular weight excluding hydrogens is 366 g/mol. The zero-order valence-electron chi connectivity index (χ0n) is 17.7. The Labute approximate surface area is 173 Å². The minimum Gasteiger partial charge on any atom is -0.362 e. The second-order valence-corrected chi connectivity index (χ2v) is 8.78. The Morgan fingerprint density at radius 2 is 1.90 bits per heavy atom. The lowest BCUT2D eigenvalue weighted by Gasteiger charge is -2.44. The number of benzene rings is 1. The first kappa shape index (κ1) is 20.2. The minimum atomic E-state index is -0.299. The number of likely N-dealkylation sites (tertiary alicyclic amines) is 2. The number of aryl methyl sites for hydroxylation is 1. The molecule has 3 amide bonds. The lowest BCUT2D eigenvalue weighted by atomic mass is 9.80. The van der Waals surface area contributed by atoms with Gasteiger partial charge in [0.25, 0.3) is 5.91 Å². The average Bonchev–Trinajstić information content (AvgIpc) is 3.41. The molecule has 3 aliphatic heterocycles. The molecule has 6 nitrogen and oxygen atoms in total. The first-order valence-corrected chi connectivity index (χ1v) is 11.1. The van der Waals surface area contributed by atoms with Gasteiger partial charge >= 0.3 is 6.03 Å². The van der Waals surface area contributed by atoms with Gasteiger partial charge in [-0.15, -0.1) is 0 Å². The third-order valence-corrected chi connectivity index (χ3v) is 7.02. The van der Waals surface area contributed by atoms with Crippen molar-refractivity contribution in [2.24, 2.45) is 5.92 Å². The molecule has 0 bridgehead atoms. The molecule has 0 unspecified atom stereocenters. The number of nitrogens with one attached hydrogen (secondary N) is 1. The van der Waals surface area contributed by atoms with Gasteiger partial charge in [-0.1, -0.05) is 32.0 Å². The molecule has 3 aliphatic rings. The molecule has 3 atom stereocenters. The maximum absolute atomic E-state index is 12.8. The molecule has 3 fully saturated rings. The topological polar surface area (TPSA) is 61.9 Å². The fourth-order valence-corrected chi connectivity index (χ4v) is 5.13. The fourth-order valence-electron chi connectivity index (χ4n) is 5.13. The van der Waals surface area contributed by atoms with Crippen molar-refractivity contribution in [3.8, 4) is 0 Å². The van der Waals surface area contributed by atoms with Crippen LogP contribution in [0.25, 0.3) is 0 Å². The van der Waals surface area contributed by atoms with Crippen LogP contribution in [0.5, 0.6) is 0 Å². The van der Waals surface area contributed by atoms with Crippen LogP contribution in [0.3, 0.4) is 0 Å². The molecule has 1 N–H and O–H groups in total. The third-order valence-electron chi connectivity index (χ3n) is 7.02. The molecule has 1 aromatic carbocycles. The number of piperidine rings is 1. The van der Waals surface area contributed by atoms with Gasteiger partial charge in [-0.25, -0.2) is 4.79 Å². The number of rotatable bonds is 3. The Kier molecular flexibility index (Phi) is 5.81.